The number of nitrogens with zero attached hydrogens (tertiary/aromatic N) is 2. The van der Waals surface area contributed by atoms with Crippen LogP contribution in [0.5, 0.6) is 5.75 Å². The first-order chi connectivity index (χ1) is 15.1. The molecule has 1 aromatic heterocycles. The van der Waals surface area contributed by atoms with Crippen LogP contribution in [0, 0.1) is 0 Å². The van der Waals surface area contributed by atoms with Crippen LogP contribution in [0.1, 0.15) is 67.4 Å². The molecule has 5 heteroatoms. The van der Waals surface area contributed by atoms with E-state index in [9.17, 15) is 4.79 Å². The van der Waals surface area contributed by atoms with E-state index in [1.165, 1.54) is 24.8 Å². The van der Waals surface area contributed by atoms with E-state index in [-0.39, 0.29) is 5.97 Å². The first-order valence-electron chi connectivity index (χ1n) is 11.0. The Kier molecular flexibility index (Phi) is 8.77. The van der Waals surface area contributed by atoms with Crippen molar-refractivity contribution >= 4 is 21.9 Å². The molecule has 31 heavy (non-hydrogen) atoms. The molecule has 0 aliphatic rings. The third-order valence-corrected chi connectivity index (χ3v) is 5.89. The Hall–Kier alpha value is -2.53. The molecule has 0 unspecified atom stereocenters. The molecule has 3 aromatic rings. The zero-order valence-corrected chi connectivity index (χ0v) is 19.8. The summed E-state index contributed by atoms with van der Waals surface area (Å²) in [5.74, 6) is 0.790. The molecular weight excluding hydrogens is 452 g/mol. The molecule has 0 aliphatic carbocycles. The van der Waals surface area contributed by atoms with Crippen LogP contribution >= 0.6 is 15.9 Å². The van der Waals surface area contributed by atoms with E-state index in [4.69, 9.17) is 4.74 Å². The minimum absolute atomic E-state index is 0.369. The van der Waals surface area contributed by atoms with Gasteiger partial charge >= 0.3 is 5.97 Å². The maximum absolute atomic E-state index is 12.6. The van der Waals surface area contributed by atoms with Crippen LogP contribution in [-0.2, 0) is 12.8 Å². The monoisotopic (exact) mass is 480 g/mol. The smallest absolute Gasteiger partial charge is 0.343 e. The average Bonchev–Trinajstić information content (AvgIpc) is 2.79. The normalized spacial score (nSPS) is 10.8. The second kappa shape index (κ2) is 11.8. The van der Waals surface area contributed by atoms with Gasteiger partial charge in [0.05, 0.1) is 5.56 Å². The summed E-state index contributed by atoms with van der Waals surface area (Å²) >= 11 is 3.60. The molecule has 3 rings (SSSR count). The van der Waals surface area contributed by atoms with Crippen LogP contribution in [0.2, 0.25) is 0 Å². The third-order valence-electron chi connectivity index (χ3n) is 5.16. The molecule has 4 nitrogen and oxygen atoms in total. The number of halogens is 1. The molecule has 1 heterocycles. The Bertz CT molecular complexity index is 985. The summed E-state index contributed by atoms with van der Waals surface area (Å²) in [6, 6.07) is 13.0. The topological polar surface area (TPSA) is 52.1 Å². The minimum Gasteiger partial charge on any atom is -0.423 e. The lowest BCUT2D eigenvalue weighted by Crippen LogP contribution is -2.08. The zero-order valence-electron chi connectivity index (χ0n) is 18.2. The Morgan fingerprint density at radius 1 is 0.903 bits per heavy atom. The highest BCUT2D eigenvalue weighted by Gasteiger charge is 2.12. The number of hydrogen-bond acceptors (Lipinski definition) is 4. The Morgan fingerprint density at radius 2 is 1.65 bits per heavy atom. The van der Waals surface area contributed by atoms with Crippen LogP contribution in [-0.4, -0.2) is 15.9 Å². The number of benzene rings is 2. The van der Waals surface area contributed by atoms with E-state index in [1.807, 2.05) is 42.7 Å². The van der Waals surface area contributed by atoms with Crippen LogP contribution in [0.25, 0.3) is 11.4 Å². The van der Waals surface area contributed by atoms with Gasteiger partial charge in [0.2, 0.25) is 0 Å². The van der Waals surface area contributed by atoms with Crippen LogP contribution in [0.3, 0.4) is 0 Å². The fourth-order valence-corrected chi connectivity index (χ4v) is 3.96. The molecule has 2 aromatic carbocycles. The summed E-state index contributed by atoms with van der Waals surface area (Å²) in [7, 11) is 0. The standard InChI is InChI=1S/C26H29BrN2O2/c1-3-5-6-7-9-20-10-11-22(16-24(20)27)26(30)31-23-14-12-21(13-15-23)25-28-17-19(8-4-2)18-29-25/h10-18H,3-9H2,1-2H3. The Balaban J connectivity index is 1.60. The molecule has 0 saturated heterocycles. The Morgan fingerprint density at radius 3 is 2.29 bits per heavy atom. The van der Waals surface area contributed by atoms with Crippen molar-refractivity contribution in [2.45, 2.75) is 58.8 Å². The molecule has 0 saturated carbocycles. The summed E-state index contributed by atoms with van der Waals surface area (Å²) in [5, 5.41) is 0. The zero-order chi connectivity index (χ0) is 22.1. The number of unbranched alkanes of at least 4 members (excludes halogenated alkanes) is 3. The van der Waals surface area contributed by atoms with Gasteiger partial charge in [-0.2, -0.15) is 0 Å². The molecule has 0 bridgehead atoms. The quantitative estimate of drug-likeness (QED) is 0.175. The van der Waals surface area contributed by atoms with Gasteiger partial charge in [-0.3, -0.25) is 0 Å². The van der Waals surface area contributed by atoms with Crippen molar-refractivity contribution in [2.24, 2.45) is 0 Å². The second-order valence-corrected chi connectivity index (χ2v) is 8.55. The molecule has 162 valence electrons. The van der Waals surface area contributed by atoms with Crippen molar-refractivity contribution in [3.05, 3.63) is 76.0 Å². The summed E-state index contributed by atoms with van der Waals surface area (Å²) in [6.45, 7) is 4.35. The van der Waals surface area contributed by atoms with Crippen molar-refractivity contribution in [3.63, 3.8) is 0 Å². The average molecular weight is 481 g/mol. The SMILES string of the molecule is CCCCCCc1ccc(C(=O)Oc2ccc(-c3ncc(CCC)cn3)cc2)cc1Br. The first-order valence-corrected chi connectivity index (χ1v) is 11.8. The Labute approximate surface area is 193 Å². The van der Waals surface area contributed by atoms with E-state index in [2.05, 4.69) is 39.7 Å². The molecule has 0 radical (unpaired) electrons. The lowest BCUT2D eigenvalue weighted by Gasteiger charge is -2.09. The van der Waals surface area contributed by atoms with Gasteiger partial charge in [-0.05, 0) is 66.8 Å². The van der Waals surface area contributed by atoms with Crippen molar-refractivity contribution in [2.75, 3.05) is 0 Å². The second-order valence-electron chi connectivity index (χ2n) is 7.70. The number of carbonyl (C=O) groups excluding carboxylic acids is 1. The van der Waals surface area contributed by atoms with Crippen molar-refractivity contribution in [3.8, 4) is 17.1 Å². The van der Waals surface area contributed by atoms with Gasteiger partial charge in [0, 0.05) is 22.4 Å². The maximum atomic E-state index is 12.6. The summed E-state index contributed by atoms with van der Waals surface area (Å²) in [4.78, 5) is 21.4. The highest BCUT2D eigenvalue weighted by atomic mass is 79.9. The number of aryl methyl sites for hydroxylation is 2. The lowest BCUT2D eigenvalue weighted by molar-refractivity contribution is 0.0734. The van der Waals surface area contributed by atoms with E-state index < -0.39 is 0 Å². The minimum atomic E-state index is -0.369. The van der Waals surface area contributed by atoms with Gasteiger partial charge in [0.25, 0.3) is 0 Å². The number of rotatable bonds is 10. The molecule has 0 fully saturated rings. The van der Waals surface area contributed by atoms with Crippen LogP contribution < -0.4 is 4.74 Å². The largest absolute Gasteiger partial charge is 0.423 e. The van der Waals surface area contributed by atoms with Gasteiger partial charge in [-0.15, -0.1) is 0 Å². The highest BCUT2D eigenvalue weighted by Crippen LogP contribution is 2.23. The molecule has 0 N–H and O–H groups in total. The van der Waals surface area contributed by atoms with E-state index in [0.717, 1.165) is 41.3 Å². The number of esters is 1. The number of aromatic nitrogens is 2. The van der Waals surface area contributed by atoms with Gasteiger partial charge < -0.3 is 4.74 Å². The van der Waals surface area contributed by atoms with Crippen LogP contribution in [0.15, 0.2) is 59.3 Å². The predicted octanol–water partition coefficient (Wildman–Crippen LogP) is 7.20. The van der Waals surface area contributed by atoms with Crippen molar-refractivity contribution in [1.29, 1.82) is 0 Å². The fourth-order valence-electron chi connectivity index (χ4n) is 3.38. The maximum Gasteiger partial charge on any atom is 0.343 e. The first kappa shape index (κ1) is 23.1. The number of carbonyl (C=O) groups is 1. The molecule has 0 aliphatic heterocycles. The van der Waals surface area contributed by atoms with Crippen molar-refractivity contribution in [1.82, 2.24) is 9.97 Å². The van der Waals surface area contributed by atoms with E-state index in [0.29, 0.717) is 17.1 Å². The molecule has 0 spiro atoms. The highest BCUT2D eigenvalue weighted by molar-refractivity contribution is 9.10. The van der Waals surface area contributed by atoms with Gasteiger partial charge in [0.1, 0.15) is 5.75 Å². The molecule has 0 amide bonds. The van der Waals surface area contributed by atoms with E-state index in [1.54, 1.807) is 12.1 Å². The summed E-state index contributed by atoms with van der Waals surface area (Å²) < 4.78 is 6.51. The van der Waals surface area contributed by atoms with E-state index >= 15 is 0 Å². The lowest BCUT2D eigenvalue weighted by atomic mass is 10.0. The fraction of sp³-hybridized carbons (Fsp3) is 0.346. The third kappa shape index (κ3) is 6.73. The van der Waals surface area contributed by atoms with Gasteiger partial charge in [0.15, 0.2) is 5.82 Å². The van der Waals surface area contributed by atoms with Gasteiger partial charge in [-0.25, -0.2) is 14.8 Å². The van der Waals surface area contributed by atoms with Crippen LogP contribution in [0.4, 0.5) is 0 Å². The molecule has 0 atom stereocenters. The predicted molar refractivity (Wildman–Crippen MR) is 128 cm³/mol. The van der Waals surface area contributed by atoms with Crippen molar-refractivity contribution < 1.29 is 9.53 Å². The van der Waals surface area contributed by atoms with Gasteiger partial charge in [-0.1, -0.05) is 61.5 Å². The summed E-state index contributed by atoms with van der Waals surface area (Å²) in [6.07, 6.45) is 11.7. The summed E-state index contributed by atoms with van der Waals surface area (Å²) in [5.41, 5.74) is 3.78. The molecular formula is C26H29BrN2O2. The number of hydrogen-bond donors (Lipinski definition) is 0. The number of ether oxygens (including phenoxy) is 1.